The molecule has 27 heavy (non-hydrogen) atoms. The summed E-state index contributed by atoms with van der Waals surface area (Å²) in [6.45, 7) is 5.21. The molecule has 3 aromatic rings. The second-order valence-electron chi connectivity index (χ2n) is 6.36. The average molecular weight is 364 g/mol. The molecule has 2 amide bonds. The van der Waals surface area contributed by atoms with Gasteiger partial charge in [0.15, 0.2) is 0 Å². The molecule has 1 aromatic heterocycles. The molecule has 138 valence electrons. The van der Waals surface area contributed by atoms with E-state index < -0.39 is 0 Å². The number of aromatic amines is 1. The Bertz CT molecular complexity index is 983. The van der Waals surface area contributed by atoms with Gasteiger partial charge < -0.3 is 15.7 Å². The summed E-state index contributed by atoms with van der Waals surface area (Å²) in [5.74, 6) is -0.392. The van der Waals surface area contributed by atoms with E-state index in [9.17, 15) is 14.7 Å². The maximum absolute atomic E-state index is 12.4. The van der Waals surface area contributed by atoms with E-state index >= 15 is 0 Å². The number of nitrogens with zero attached hydrogens (tertiary/aromatic N) is 1. The second kappa shape index (κ2) is 7.33. The molecule has 0 aliphatic rings. The number of hydrogen-bond acceptors (Lipinski definition) is 4. The Morgan fingerprint density at radius 3 is 2.22 bits per heavy atom. The average Bonchev–Trinajstić information content (AvgIpc) is 3.05. The number of hydrogen-bond donors (Lipinski definition) is 4. The highest BCUT2D eigenvalue weighted by atomic mass is 16.3. The Morgan fingerprint density at radius 1 is 1.00 bits per heavy atom. The molecule has 3 rings (SSSR count). The third-order valence-corrected chi connectivity index (χ3v) is 4.00. The molecule has 0 aliphatic heterocycles. The number of benzene rings is 2. The number of rotatable bonds is 4. The van der Waals surface area contributed by atoms with Crippen LogP contribution in [0.1, 0.15) is 28.5 Å². The van der Waals surface area contributed by atoms with Crippen molar-refractivity contribution in [1.82, 2.24) is 10.2 Å². The number of carbonyl (C=O) groups excluding carboxylic acids is 2. The van der Waals surface area contributed by atoms with Crippen LogP contribution in [0, 0.1) is 13.8 Å². The number of nitrogens with one attached hydrogen (secondary N) is 3. The van der Waals surface area contributed by atoms with Crippen molar-refractivity contribution in [1.29, 1.82) is 0 Å². The molecule has 7 nitrogen and oxygen atoms in total. The summed E-state index contributed by atoms with van der Waals surface area (Å²) in [7, 11) is 0. The summed E-state index contributed by atoms with van der Waals surface area (Å²) >= 11 is 0. The Labute approximate surface area is 156 Å². The molecule has 0 saturated heterocycles. The van der Waals surface area contributed by atoms with Gasteiger partial charge in [-0.25, -0.2) is 0 Å². The standard InChI is InChI=1S/C20H20N4O3/c1-11-8-12(2)19(18(26)9-11)16-10-17(24-23-16)20(27)22-15-6-4-14(5-7-15)21-13(3)25/h4-10,26H,1-3H3,(H,21,25)(H,22,27)(H,23,24). The maximum Gasteiger partial charge on any atom is 0.273 e. The number of anilines is 2. The monoisotopic (exact) mass is 364 g/mol. The Morgan fingerprint density at radius 2 is 1.63 bits per heavy atom. The number of amides is 2. The largest absolute Gasteiger partial charge is 0.507 e. The van der Waals surface area contributed by atoms with Crippen molar-refractivity contribution < 1.29 is 14.7 Å². The molecule has 4 N–H and O–H groups in total. The number of aromatic nitrogens is 2. The SMILES string of the molecule is CC(=O)Nc1ccc(NC(=O)c2cc(-c3c(C)cc(C)cc3O)n[nH]2)cc1. The molecule has 0 aliphatic carbocycles. The van der Waals surface area contributed by atoms with E-state index in [1.807, 2.05) is 19.9 Å². The van der Waals surface area contributed by atoms with Gasteiger partial charge in [0.1, 0.15) is 11.4 Å². The summed E-state index contributed by atoms with van der Waals surface area (Å²) in [6, 6.07) is 12.0. The molecule has 2 aromatic carbocycles. The Kier molecular flexibility index (Phi) is 4.94. The van der Waals surface area contributed by atoms with E-state index in [2.05, 4.69) is 20.8 Å². The van der Waals surface area contributed by atoms with Gasteiger partial charge in [-0.15, -0.1) is 0 Å². The Hall–Kier alpha value is -3.61. The predicted octanol–water partition coefficient (Wildman–Crippen LogP) is 3.61. The minimum atomic E-state index is -0.356. The number of aryl methyl sites for hydroxylation is 2. The van der Waals surface area contributed by atoms with Crippen LogP contribution in [0.15, 0.2) is 42.5 Å². The van der Waals surface area contributed by atoms with E-state index in [0.29, 0.717) is 22.6 Å². The molecule has 0 unspecified atom stereocenters. The maximum atomic E-state index is 12.4. The zero-order valence-electron chi connectivity index (χ0n) is 15.3. The first kappa shape index (κ1) is 18.2. The van der Waals surface area contributed by atoms with Crippen molar-refractivity contribution >= 4 is 23.2 Å². The van der Waals surface area contributed by atoms with Gasteiger partial charge in [-0.05, 0) is 61.4 Å². The highest BCUT2D eigenvalue weighted by Gasteiger charge is 2.16. The first-order valence-electron chi connectivity index (χ1n) is 8.38. The zero-order valence-corrected chi connectivity index (χ0v) is 15.3. The quantitative estimate of drug-likeness (QED) is 0.567. The normalized spacial score (nSPS) is 10.5. The molecule has 0 radical (unpaired) electrons. The van der Waals surface area contributed by atoms with Crippen LogP contribution >= 0.6 is 0 Å². The minimum absolute atomic E-state index is 0.125. The van der Waals surface area contributed by atoms with Crippen LogP contribution in [0.3, 0.4) is 0 Å². The van der Waals surface area contributed by atoms with Gasteiger partial charge in [0.2, 0.25) is 5.91 Å². The van der Waals surface area contributed by atoms with Gasteiger partial charge in [0.25, 0.3) is 5.91 Å². The van der Waals surface area contributed by atoms with Crippen LogP contribution < -0.4 is 10.6 Å². The van der Waals surface area contributed by atoms with Gasteiger partial charge in [0, 0.05) is 23.9 Å². The van der Waals surface area contributed by atoms with Crippen LogP contribution in [-0.2, 0) is 4.79 Å². The van der Waals surface area contributed by atoms with Gasteiger partial charge in [-0.3, -0.25) is 14.7 Å². The molecule has 0 saturated carbocycles. The lowest BCUT2D eigenvalue weighted by atomic mass is 10.0. The lowest BCUT2D eigenvalue weighted by Gasteiger charge is -2.07. The van der Waals surface area contributed by atoms with Gasteiger partial charge in [-0.1, -0.05) is 6.07 Å². The number of phenols is 1. The van der Waals surface area contributed by atoms with Crippen molar-refractivity contribution in [2.75, 3.05) is 10.6 Å². The topological polar surface area (TPSA) is 107 Å². The summed E-state index contributed by atoms with van der Waals surface area (Å²) in [5.41, 5.74) is 4.42. The zero-order chi connectivity index (χ0) is 19.6. The molecule has 1 heterocycles. The van der Waals surface area contributed by atoms with Crippen molar-refractivity contribution in [3.8, 4) is 17.0 Å². The summed E-state index contributed by atoms with van der Waals surface area (Å²) < 4.78 is 0. The molecule has 0 spiro atoms. The van der Waals surface area contributed by atoms with Gasteiger partial charge >= 0.3 is 0 Å². The molecule has 0 atom stereocenters. The van der Waals surface area contributed by atoms with E-state index in [1.54, 1.807) is 36.4 Å². The predicted molar refractivity (Wildman–Crippen MR) is 104 cm³/mol. The lowest BCUT2D eigenvalue weighted by Crippen LogP contribution is -2.12. The minimum Gasteiger partial charge on any atom is -0.507 e. The number of phenolic OH excluding ortho intramolecular Hbond substituents is 1. The summed E-state index contributed by atoms with van der Waals surface area (Å²) in [4.78, 5) is 23.5. The number of H-pyrrole nitrogens is 1. The molecular formula is C20H20N4O3. The fourth-order valence-electron chi connectivity index (χ4n) is 2.88. The van der Waals surface area contributed by atoms with Crippen molar-refractivity contribution in [2.24, 2.45) is 0 Å². The molecule has 0 bridgehead atoms. The first-order valence-corrected chi connectivity index (χ1v) is 8.38. The first-order chi connectivity index (χ1) is 12.8. The van der Waals surface area contributed by atoms with Gasteiger partial charge in [0.05, 0.1) is 5.69 Å². The lowest BCUT2D eigenvalue weighted by molar-refractivity contribution is -0.114. The van der Waals surface area contributed by atoms with Crippen molar-refractivity contribution in [3.05, 3.63) is 59.3 Å². The third-order valence-electron chi connectivity index (χ3n) is 4.00. The van der Waals surface area contributed by atoms with Crippen LogP contribution in [0.5, 0.6) is 5.75 Å². The van der Waals surface area contributed by atoms with Crippen molar-refractivity contribution in [2.45, 2.75) is 20.8 Å². The highest BCUT2D eigenvalue weighted by molar-refractivity contribution is 6.03. The van der Waals surface area contributed by atoms with E-state index in [1.165, 1.54) is 6.92 Å². The third kappa shape index (κ3) is 4.14. The van der Waals surface area contributed by atoms with Crippen LogP contribution in [0.2, 0.25) is 0 Å². The van der Waals surface area contributed by atoms with Crippen LogP contribution in [-0.4, -0.2) is 27.1 Å². The number of aromatic hydroxyl groups is 1. The van der Waals surface area contributed by atoms with Crippen molar-refractivity contribution in [3.63, 3.8) is 0 Å². The smallest absolute Gasteiger partial charge is 0.273 e. The fourth-order valence-corrected chi connectivity index (χ4v) is 2.88. The fraction of sp³-hybridized carbons (Fsp3) is 0.150. The van der Waals surface area contributed by atoms with Gasteiger partial charge in [-0.2, -0.15) is 5.10 Å². The van der Waals surface area contributed by atoms with Crippen LogP contribution in [0.25, 0.3) is 11.3 Å². The highest BCUT2D eigenvalue weighted by Crippen LogP contribution is 2.32. The molecule has 0 fully saturated rings. The van der Waals surface area contributed by atoms with E-state index in [0.717, 1.165) is 11.1 Å². The summed E-state index contributed by atoms with van der Waals surface area (Å²) in [6.07, 6.45) is 0. The number of carbonyl (C=O) groups is 2. The molecular weight excluding hydrogens is 344 g/mol. The summed E-state index contributed by atoms with van der Waals surface area (Å²) in [5, 5.41) is 22.5. The van der Waals surface area contributed by atoms with Crippen LogP contribution in [0.4, 0.5) is 11.4 Å². The van der Waals surface area contributed by atoms with E-state index in [-0.39, 0.29) is 23.3 Å². The Balaban J connectivity index is 1.77. The van der Waals surface area contributed by atoms with E-state index in [4.69, 9.17) is 0 Å². The molecule has 7 heteroatoms. The second-order valence-corrected chi connectivity index (χ2v) is 6.36.